The Morgan fingerprint density at radius 1 is 1.32 bits per heavy atom. The van der Waals surface area contributed by atoms with E-state index >= 15 is 0 Å². The Bertz CT molecular complexity index is 621. The molecule has 0 spiro atoms. The quantitative estimate of drug-likeness (QED) is 0.872. The Labute approximate surface area is 123 Å². The maximum absolute atomic E-state index is 5.79. The Morgan fingerprint density at radius 2 is 2.16 bits per heavy atom. The molecule has 2 heterocycles. The van der Waals surface area contributed by atoms with Crippen LogP contribution in [0.15, 0.2) is 34.0 Å². The van der Waals surface area contributed by atoms with E-state index in [0.717, 1.165) is 39.6 Å². The van der Waals surface area contributed by atoms with Crippen LogP contribution in [0.25, 0.3) is 0 Å². The van der Waals surface area contributed by atoms with Gasteiger partial charge in [0.15, 0.2) is 5.82 Å². The monoisotopic (exact) mass is 337 g/mol. The second kappa shape index (κ2) is 5.38. The number of thioether (sulfide) groups is 1. The molecule has 0 radical (unpaired) electrons. The predicted molar refractivity (Wildman–Crippen MR) is 79.3 cm³/mol. The van der Waals surface area contributed by atoms with Gasteiger partial charge in [-0.25, -0.2) is 9.97 Å². The standard InChI is InChI=1S/C13H12BrN3OS/c14-10-5-8-1-4-18-11(8)9(6-10)7-19-13-12(15)16-2-3-17-13/h2-3,5-6H,1,4,7H2,(H2,15,16). The summed E-state index contributed by atoms with van der Waals surface area (Å²) >= 11 is 5.11. The summed E-state index contributed by atoms with van der Waals surface area (Å²) in [5, 5.41) is 0.759. The van der Waals surface area contributed by atoms with E-state index in [1.165, 1.54) is 5.56 Å². The highest BCUT2D eigenvalue weighted by Crippen LogP contribution is 2.36. The Balaban J connectivity index is 1.83. The number of ether oxygens (including phenoxy) is 1. The summed E-state index contributed by atoms with van der Waals surface area (Å²) in [5.41, 5.74) is 8.22. The number of fused-ring (bicyclic) bond motifs is 1. The van der Waals surface area contributed by atoms with Crippen LogP contribution in [0, 0.1) is 0 Å². The van der Waals surface area contributed by atoms with Crippen molar-refractivity contribution in [1.82, 2.24) is 9.97 Å². The molecule has 0 bridgehead atoms. The minimum absolute atomic E-state index is 0.472. The van der Waals surface area contributed by atoms with Crippen molar-refractivity contribution in [2.45, 2.75) is 17.2 Å². The molecule has 0 saturated heterocycles. The van der Waals surface area contributed by atoms with Gasteiger partial charge in [-0.15, -0.1) is 0 Å². The van der Waals surface area contributed by atoms with Crippen molar-refractivity contribution in [2.24, 2.45) is 0 Å². The van der Waals surface area contributed by atoms with Gasteiger partial charge < -0.3 is 10.5 Å². The van der Waals surface area contributed by atoms with Crippen LogP contribution in [0.4, 0.5) is 5.82 Å². The van der Waals surface area contributed by atoms with Crippen LogP contribution < -0.4 is 10.5 Å². The fourth-order valence-corrected chi connectivity index (χ4v) is 3.44. The smallest absolute Gasteiger partial charge is 0.156 e. The molecule has 1 aliphatic rings. The Kier molecular flexibility index (Phi) is 3.61. The number of rotatable bonds is 3. The van der Waals surface area contributed by atoms with E-state index in [2.05, 4.69) is 38.0 Å². The summed E-state index contributed by atoms with van der Waals surface area (Å²) in [4.78, 5) is 8.27. The molecule has 0 saturated carbocycles. The summed E-state index contributed by atoms with van der Waals surface area (Å²) in [6.45, 7) is 0.761. The molecule has 98 valence electrons. The number of anilines is 1. The topological polar surface area (TPSA) is 61.0 Å². The normalized spacial score (nSPS) is 13.1. The first kappa shape index (κ1) is 12.7. The number of halogens is 1. The molecular weight excluding hydrogens is 326 g/mol. The van der Waals surface area contributed by atoms with Crippen molar-refractivity contribution in [3.05, 3.63) is 40.1 Å². The van der Waals surface area contributed by atoms with E-state index in [0.29, 0.717) is 5.82 Å². The van der Waals surface area contributed by atoms with Crippen LogP contribution >= 0.6 is 27.7 Å². The minimum Gasteiger partial charge on any atom is -0.493 e. The van der Waals surface area contributed by atoms with E-state index in [1.807, 2.05) is 0 Å². The molecule has 4 nitrogen and oxygen atoms in total. The van der Waals surface area contributed by atoms with Crippen LogP contribution in [0.3, 0.4) is 0 Å². The first-order valence-electron chi connectivity index (χ1n) is 5.87. The van der Waals surface area contributed by atoms with E-state index in [9.17, 15) is 0 Å². The van der Waals surface area contributed by atoms with Gasteiger partial charge in [0, 0.05) is 34.6 Å². The van der Waals surface area contributed by atoms with Crippen LogP contribution in [0.5, 0.6) is 5.75 Å². The molecule has 19 heavy (non-hydrogen) atoms. The van der Waals surface area contributed by atoms with Crippen molar-refractivity contribution in [3.8, 4) is 5.75 Å². The van der Waals surface area contributed by atoms with Gasteiger partial charge in [-0.05, 0) is 17.7 Å². The molecule has 1 aliphatic heterocycles. The lowest BCUT2D eigenvalue weighted by Gasteiger charge is -2.09. The Hall–Kier alpha value is -1.27. The maximum atomic E-state index is 5.79. The van der Waals surface area contributed by atoms with Crippen molar-refractivity contribution in [1.29, 1.82) is 0 Å². The van der Waals surface area contributed by atoms with Gasteiger partial charge in [0.1, 0.15) is 10.8 Å². The van der Waals surface area contributed by atoms with Gasteiger partial charge in [0.05, 0.1) is 6.61 Å². The zero-order valence-corrected chi connectivity index (χ0v) is 12.5. The van der Waals surface area contributed by atoms with Gasteiger partial charge in [-0.2, -0.15) is 0 Å². The average molecular weight is 338 g/mol. The Morgan fingerprint density at radius 3 is 3.00 bits per heavy atom. The third-order valence-electron chi connectivity index (χ3n) is 2.88. The largest absolute Gasteiger partial charge is 0.493 e. The predicted octanol–water partition coefficient (Wildman–Crippen LogP) is 3.05. The lowest BCUT2D eigenvalue weighted by molar-refractivity contribution is 0.354. The molecular formula is C13H12BrN3OS. The molecule has 0 unspecified atom stereocenters. The number of aromatic nitrogens is 2. The van der Waals surface area contributed by atoms with E-state index in [4.69, 9.17) is 10.5 Å². The fourth-order valence-electron chi connectivity index (χ4n) is 2.05. The van der Waals surface area contributed by atoms with Crippen molar-refractivity contribution in [3.63, 3.8) is 0 Å². The van der Waals surface area contributed by atoms with E-state index in [1.54, 1.807) is 24.2 Å². The number of nitrogens with zero attached hydrogens (tertiary/aromatic N) is 2. The van der Waals surface area contributed by atoms with Gasteiger partial charge in [0.25, 0.3) is 0 Å². The molecule has 0 amide bonds. The highest BCUT2D eigenvalue weighted by atomic mass is 79.9. The zero-order valence-electron chi connectivity index (χ0n) is 10.1. The van der Waals surface area contributed by atoms with Crippen LogP contribution in [-0.4, -0.2) is 16.6 Å². The average Bonchev–Trinajstić information content (AvgIpc) is 2.85. The molecule has 2 aromatic rings. The minimum atomic E-state index is 0.472. The van der Waals surface area contributed by atoms with E-state index in [-0.39, 0.29) is 0 Å². The summed E-state index contributed by atoms with van der Waals surface area (Å²) in [5.74, 6) is 2.25. The molecule has 2 N–H and O–H groups in total. The zero-order chi connectivity index (χ0) is 13.2. The number of hydrogen-bond acceptors (Lipinski definition) is 5. The van der Waals surface area contributed by atoms with Crippen molar-refractivity contribution in [2.75, 3.05) is 12.3 Å². The van der Waals surface area contributed by atoms with Crippen LogP contribution in [-0.2, 0) is 12.2 Å². The fraction of sp³-hybridized carbons (Fsp3) is 0.231. The molecule has 1 aromatic carbocycles. The van der Waals surface area contributed by atoms with Crippen LogP contribution in [0.1, 0.15) is 11.1 Å². The second-order valence-electron chi connectivity index (χ2n) is 4.19. The molecule has 0 aliphatic carbocycles. The second-order valence-corrected chi connectivity index (χ2v) is 6.07. The molecule has 6 heteroatoms. The van der Waals surface area contributed by atoms with Crippen molar-refractivity contribution < 1.29 is 4.74 Å². The number of hydrogen-bond donors (Lipinski definition) is 1. The number of benzene rings is 1. The van der Waals surface area contributed by atoms with Gasteiger partial charge >= 0.3 is 0 Å². The number of nitrogen functional groups attached to an aromatic ring is 1. The summed E-state index contributed by atoms with van der Waals surface area (Å²) in [6.07, 6.45) is 4.22. The first-order chi connectivity index (χ1) is 9.24. The van der Waals surface area contributed by atoms with Crippen LogP contribution in [0.2, 0.25) is 0 Å². The third-order valence-corrected chi connectivity index (χ3v) is 4.38. The summed E-state index contributed by atoms with van der Waals surface area (Å²) in [7, 11) is 0. The molecule has 1 aromatic heterocycles. The molecule has 0 atom stereocenters. The van der Waals surface area contributed by atoms with Gasteiger partial charge in [0.2, 0.25) is 0 Å². The van der Waals surface area contributed by atoms with E-state index < -0.39 is 0 Å². The first-order valence-corrected chi connectivity index (χ1v) is 7.65. The number of nitrogens with two attached hydrogens (primary N) is 1. The molecule has 0 fully saturated rings. The van der Waals surface area contributed by atoms with Gasteiger partial charge in [-0.1, -0.05) is 27.7 Å². The summed E-state index contributed by atoms with van der Waals surface area (Å²) in [6, 6.07) is 4.21. The summed E-state index contributed by atoms with van der Waals surface area (Å²) < 4.78 is 6.78. The third kappa shape index (κ3) is 2.69. The lowest BCUT2D eigenvalue weighted by Crippen LogP contribution is -1.96. The van der Waals surface area contributed by atoms with Gasteiger partial charge in [-0.3, -0.25) is 0 Å². The maximum Gasteiger partial charge on any atom is 0.156 e. The molecule has 3 rings (SSSR count). The highest BCUT2D eigenvalue weighted by Gasteiger charge is 2.17. The highest BCUT2D eigenvalue weighted by molar-refractivity contribution is 9.10. The lowest BCUT2D eigenvalue weighted by atomic mass is 10.1. The SMILES string of the molecule is Nc1nccnc1SCc1cc(Br)cc2c1OCC2. The van der Waals surface area contributed by atoms with Crippen molar-refractivity contribution >= 4 is 33.5 Å².